The molecule has 0 heterocycles. The molecule has 0 fully saturated rings. The molecule has 0 saturated heterocycles. The SMILES string of the molecule is CNC(C)CC(C)Sc1ccc(C)cc1C. The van der Waals surface area contributed by atoms with E-state index in [0.717, 1.165) is 0 Å². The molecule has 0 bridgehead atoms. The van der Waals surface area contributed by atoms with Crippen LogP contribution in [-0.4, -0.2) is 18.3 Å². The third-order valence-electron chi connectivity index (χ3n) is 2.84. The van der Waals surface area contributed by atoms with Gasteiger partial charge in [0.1, 0.15) is 0 Å². The van der Waals surface area contributed by atoms with E-state index in [9.17, 15) is 0 Å². The average Bonchev–Trinajstić information content (AvgIpc) is 2.22. The van der Waals surface area contributed by atoms with Crippen LogP contribution in [0.4, 0.5) is 0 Å². The number of aryl methyl sites for hydroxylation is 2. The molecule has 1 aromatic carbocycles. The highest BCUT2D eigenvalue weighted by atomic mass is 32.2. The lowest BCUT2D eigenvalue weighted by molar-refractivity contribution is 0.564. The first kappa shape index (κ1) is 13.6. The van der Waals surface area contributed by atoms with Crippen LogP contribution in [0, 0.1) is 13.8 Å². The lowest BCUT2D eigenvalue weighted by Gasteiger charge is -2.17. The van der Waals surface area contributed by atoms with Crippen molar-refractivity contribution in [2.75, 3.05) is 7.05 Å². The van der Waals surface area contributed by atoms with Crippen molar-refractivity contribution in [2.24, 2.45) is 0 Å². The van der Waals surface area contributed by atoms with Gasteiger partial charge in [0.25, 0.3) is 0 Å². The van der Waals surface area contributed by atoms with E-state index >= 15 is 0 Å². The van der Waals surface area contributed by atoms with Crippen LogP contribution in [0.3, 0.4) is 0 Å². The van der Waals surface area contributed by atoms with Crippen molar-refractivity contribution < 1.29 is 0 Å². The molecule has 1 aromatic rings. The summed E-state index contributed by atoms with van der Waals surface area (Å²) in [6.07, 6.45) is 1.20. The van der Waals surface area contributed by atoms with E-state index in [1.54, 1.807) is 0 Å². The summed E-state index contributed by atoms with van der Waals surface area (Å²) in [5.74, 6) is 0. The van der Waals surface area contributed by atoms with Crippen molar-refractivity contribution in [2.45, 2.75) is 50.3 Å². The predicted molar refractivity (Wildman–Crippen MR) is 74.4 cm³/mol. The van der Waals surface area contributed by atoms with Crippen LogP contribution in [0.25, 0.3) is 0 Å². The number of nitrogens with one attached hydrogen (secondary N) is 1. The van der Waals surface area contributed by atoms with E-state index in [4.69, 9.17) is 0 Å². The zero-order chi connectivity index (χ0) is 12.1. The van der Waals surface area contributed by atoms with Gasteiger partial charge in [-0.2, -0.15) is 0 Å². The van der Waals surface area contributed by atoms with Gasteiger partial charge in [0, 0.05) is 16.2 Å². The highest BCUT2D eigenvalue weighted by Gasteiger charge is 2.09. The molecule has 1 nitrogen and oxygen atoms in total. The Kier molecular flexibility index (Phi) is 5.36. The molecule has 90 valence electrons. The summed E-state index contributed by atoms with van der Waals surface area (Å²) >= 11 is 1.98. The van der Waals surface area contributed by atoms with Gasteiger partial charge in [-0.05, 0) is 45.9 Å². The van der Waals surface area contributed by atoms with E-state index in [0.29, 0.717) is 11.3 Å². The summed E-state index contributed by atoms with van der Waals surface area (Å²) in [5, 5.41) is 3.95. The standard InChI is InChI=1S/C14H23NS/c1-10-6-7-14(11(2)8-10)16-13(4)9-12(3)15-5/h6-8,12-13,15H,9H2,1-5H3. The van der Waals surface area contributed by atoms with Crippen molar-refractivity contribution in [3.63, 3.8) is 0 Å². The van der Waals surface area contributed by atoms with E-state index in [1.807, 2.05) is 18.8 Å². The monoisotopic (exact) mass is 237 g/mol. The van der Waals surface area contributed by atoms with E-state index < -0.39 is 0 Å². The first-order valence-electron chi connectivity index (χ1n) is 5.94. The number of benzene rings is 1. The second-order valence-electron chi connectivity index (χ2n) is 4.62. The average molecular weight is 237 g/mol. The maximum Gasteiger partial charge on any atom is 0.0104 e. The molecule has 0 aliphatic heterocycles. The van der Waals surface area contributed by atoms with Crippen molar-refractivity contribution in [1.29, 1.82) is 0 Å². The van der Waals surface area contributed by atoms with E-state index in [2.05, 4.69) is 51.2 Å². The normalized spacial score (nSPS) is 14.8. The lowest BCUT2D eigenvalue weighted by atomic mass is 10.2. The Balaban J connectivity index is 2.59. The minimum Gasteiger partial charge on any atom is -0.317 e. The molecule has 0 spiro atoms. The highest BCUT2D eigenvalue weighted by Crippen LogP contribution is 2.29. The maximum atomic E-state index is 3.29. The molecule has 0 amide bonds. The predicted octanol–water partition coefficient (Wildman–Crippen LogP) is 3.78. The summed E-state index contributed by atoms with van der Waals surface area (Å²) < 4.78 is 0. The number of hydrogen-bond donors (Lipinski definition) is 1. The van der Waals surface area contributed by atoms with Crippen LogP contribution in [0.15, 0.2) is 23.1 Å². The molecule has 2 atom stereocenters. The van der Waals surface area contributed by atoms with Crippen molar-refractivity contribution in [3.8, 4) is 0 Å². The van der Waals surface area contributed by atoms with Gasteiger partial charge >= 0.3 is 0 Å². The molecular formula is C14H23NS. The van der Waals surface area contributed by atoms with Gasteiger partial charge in [-0.25, -0.2) is 0 Å². The molecule has 16 heavy (non-hydrogen) atoms. The molecule has 0 aliphatic carbocycles. The van der Waals surface area contributed by atoms with Crippen LogP contribution in [0.2, 0.25) is 0 Å². The number of thioether (sulfide) groups is 1. The third kappa shape index (κ3) is 4.18. The van der Waals surface area contributed by atoms with Gasteiger partial charge in [-0.15, -0.1) is 11.8 Å². The molecule has 1 rings (SSSR count). The minimum absolute atomic E-state index is 0.591. The zero-order valence-electron chi connectivity index (χ0n) is 11.0. The van der Waals surface area contributed by atoms with Crippen molar-refractivity contribution in [1.82, 2.24) is 5.32 Å². The van der Waals surface area contributed by atoms with Crippen LogP contribution in [0.1, 0.15) is 31.4 Å². The van der Waals surface area contributed by atoms with E-state index in [-0.39, 0.29) is 0 Å². The van der Waals surface area contributed by atoms with Gasteiger partial charge in [0.2, 0.25) is 0 Å². The fraction of sp³-hybridized carbons (Fsp3) is 0.571. The molecule has 0 aromatic heterocycles. The summed E-state index contributed by atoms with van der Waals surface area (Å²) in [7, 11) is 2.03. The van der Waals surface area contributed by atoms with Crippen LogP contribution in [0.5, 0.6) is 0 Å². The van der Waals surface area contributed by atoms with Crippen molar-refractivity contribution >= 4 is 11.8 Å². The molecule has 2 heteroatoms. The Labute approximate surface area is 104 Å². The fourth-order valence-electron chi connectivity index (χ4n) is 1.81. The minimum atomic E-state index is 0.591. The van der Waals surface area contributed by atoms with Crippen LogP contribution in [-0.2, 0) is 0 Å². The zero-order valence-corrected chi connectivity index (χ0v) is 11.8. The molecule has 0 aliphatic rings. The van der Waals surface area contributed by atoms with Gasteiger partial charge in [-0.1, -0.05) is 24.6 Å². The Morgan fingerprint density at radius 1 is 1.25 bits per heavy atom. The Morgan fingerprint density at radius 2 is 1.94 bits per heavy atom. The van der Waals surface area contributed by atoms with Gasteiger partial charge in [0.15, 0.2) is 0 Å². The quantitative estimate of drug-likeness (QED) is 0.782. The molecular weight excluding hydrogens is 214 g/mol. The topological polar surface area (TPSA) is 12.0 Å². The van der Waals surface area contributed by atoms with Gasteiger partial charge in [-0.3, -0.25) is 0 Å². The highest BCUT2D eigenvalue weighted by molar-refractivity contribution is 8.00. The van der Waals surface area contributed by atoms with Gasteiger partial charge < -0.3 is 5.32 Å². The Morgan fingerprint density at radius 3 is 2.50 bits per heavy atom. The molecule has 2 unspecified atom stereocenters. The fourth-order valence-corrected chi connectivity index (χ4v) is 3.02. The smallest absolute Gasteiger partial charge is 0.0104 e. The number of hydrogen-bond acceptors (Lipinski definition) is 2. The largest absolute Gasteiger partial charge is 0.317 e. The second-order valence-corrected chi connectivity index (χ2v) is 6.10. The first-order valence-corrected chi connectivity index (χ1v) is 6.82. The lowest BCUT2D eigenvalue weighted by Crippen LogP contribution is -2.24. The van der Waals surface area contributed by atoms with Crippen LogP contribution >= 0.6 is 11.8 Å². The third-order valence-corrected chi connectivity index (χ3v) is 4.14. The first-order chi connectivity index (χ1) is 7.52. The Hall–Kier alpha value is -0.470. The second kappa shape index (κ2) is 6.31. The van der Waals surface area contributed by atoms with Gasteiger partial charge in [0.05, 0.1) is 0 Å². The molecule has 0 saturated carbocycles. The number of rotatable bonds is 5. The summed E-state index contributed by atoms with van der Waals surface area (Å²) in [4.78, 5) is 1.42. The van der Waals surface area contributed by atoms with Crippen LogP contribution < -0.4 is 5.32 Å². The Bertz CT molecular complexity index is 336. The van der Waals surface area contributed by atoms with Crippen molar-refractivity contribution in [3.05, 3.63) is 29.3 Å². The molecule has 1 N–H and O–H groups in total. The summed E-state index contributed by atoms with van der Waals surface area (Å²) in [6.45, 7) is 8.88. The molecule has 0 radical (unpaired) electrons. The maximum absolute atomic E-state index is 3.29. The summed E-state index contributed by atoms with van der Waals surface area (Å²) in [5.41, 5.74) is 2.74. The summed E-state index contributed by atoms with van der Waals surface area (Å²) in [6, 6.07) is 7.30. The van der Waals surface area contributed by atoms with E-state index in [1.165, 1.54) is 22.4 Å².